The maximum absolute atomic E-state index is 12.9. The topological polar surface area (TPSA) is 44.8 Å². The fourth-order valence-electron chi connectivity index (χ4n) is 3.22. The SMILES string of the molecule is C=CCOc1ccc(C(=O)/C=C/c2c(OC(C)(C)C)ccc(CCC)c2OC(C)(C)C)cc1. The first-order chi connectivity index (χ1) is 15.4. The molecule has 2 rings (SSSR count). The van der Waals surface area contributed by atoms with Gasteiger partial charge >= 0.3 is 0 Å². The summed E-state index contributed by atoms with van der Waals surface area (Å²) < 4.78 is 18.1. The summed E-state index contributed by atoms with van der Waals surface area (Å²) in [4.78, 5) is 12.9. The van der Waals surface area contributed by atoms with Crippen molar-refractivity contribution in [2.45, 2.75) is 72.5 Å². The maximum atomic E-state index is 12.9. The summed E-state index contributed by atoms with van der Waals surface area (Å²) in [6.07, 6.45) is 6.94. The van der Waals surface area contributed by atoms with Crippen molar-refractivity contribution < 1.29 is 19.0 Å². The summed E-state index contributed by atoms with van der Waals surface area (Å²) >= 11 is 0. The van der Waals surface area contributed by atoms with Crippen LogP contribution in [0.4, 0.5) is 0 Å². The first kappa shape index (κ1) is 26.2. The first-order valence-corrected chi connectivity index (χ1v) is 11.5. The molecule has 0 radical (unpaired) electrons. The number of allylic oxidation sites excluding steroid dienone is 1. The predicted molar refractivity (Wildman–Crippen MR) is 137 cm³/mol. The lowest BCUT2D eigenvalue weighted by molar-refractivity contribution is 0.104. The highest BCUT2D eigenvalue weighted by atomic mass is 16.5. The van der Waals surface area contributed by atoms with E-state index in [-0.39, 0.29) is 11.4 Å². The third-order valence-corrected chi connectivity index (χ3v) is 4.49. The molecular formula is C29H38O4. The monoisotopic (exact) mass is 450 g/mol. The van der Waals surface area contributed by atoms with E-state index in [0.717, 1.165) is 29.7 Å². The Hall–Kier alpha value is -3.01. The normalized spacial score (nSPS) is 12.0. The molecule has 4 heteroatoms. The van der Waals surface area contributed by atoms with Gasteiger partial charge in [-0.1, -0.05) is 32.1 Å². The van der Waals surface area contributed by atoms with Crippen molar-refractivity contribution in [3.8, 4) is 17.2 Å². The van der Waals surface area contributed by atoms with Crippen LogP contribution < -0.4 is 14.2 Å². The van der Waals surface area contributed by atoms with Gasteiger partial charge in [-0.2, -0.15) is 0 Å². The zero-order valence-corrected chi connectivity index (χ0v) is 21.2. The first-order valence-electron chi connectivity index (χ1n) is 11.5. The largest absolute Gasteiger partial charge is 0.490 e. The number of ether oxygens (including phenoxy) is 3. The van der Waals surface area contributed by atoms with Crippen LogP contribution in [0.25, 0.3) is 6.08 Å². The molecule has 0 aromatic heterocycles. The zero-order chi connectivity index (χ0) is 24.6. The van der Waals surface area contributed by atoms with Gasteiger partial charge < -0.3 is 14.2 Å². The molecule has 0 saturated heterocycles. The minimum atomic E-state index is -0.392. The molecule has 2 aromatic carbocycles. The van der Waals surface area contributed by atoms with E-state index < -0.39 is 5.60 Å². The van der Waals surface area contributed by atoms with Crippen LogP contribution >= 0.6 is 0 Å². The molecule has 0 fully saturated rings. The number of carbonyl (C=O) groups excluding carboxylic acids is 1. The lowest BCUT2D eigenvalue weighted by Crippen LogP contribution is -2.26. The van der Waals surface area contributed by atoms with Crippen LogP contribution in [-0.4, -0.2) is 23.6 Å². The van der Waals surface area contributed by atoms with Crippen molar-refractivity contribution in [2.24, 2.45) is 0 Å². The summed E-state index contributed by atoms with van der Waals surface area (Å²) in [5, 5.41) is 0. The lowest BCUT2D eigenvalue weighted by atomic mass is 10.0. The highest BCUT2D eigenvalue weighted by Crippen LogP contribution is 2.38. The number of carbonyl (C=O) groups is 1. The third kappa shape index (κ3) is 8.45. The Bertz CT molecular complexity index is 970. The lowest BCUT2D eigenvalue weighted by Gasteiger charge is -2.28. The minimum Gasteiger partial charge on any atom is -0.490 e. The molecule has 4 nitrogen and oxygen atoms in total. The second-order valence-corrected chi connectivity index (χ2v) is 9.97. The highest BCUT2D eigenvalue weighted by Gasteiger charge is 2.22. The number of aryl methyl sites for hydroxylation is 1. The minimum absolute atomic E-state index is 0.102. The molecule has 0 spiro atoms. The standard InChI is InChI=1S/C29H38O4/c1-9-11-22-14-19-26(32-28(3,4)5)24(27(22)33-29(6,7)8)17-18-25(30)21-12-15-23(16-13-21)31-20-10-2/h10,12-19H,2,9,11,20H2,1,3-8H3/b18-17+. The molecule has 0 bridgehead atoms. The average molecular weight is 451 g/mol. The molecule has 0 amide bonds. The Labute approximate surface area is 199 Å². The van der Waals surface area contributed by atoms with Crippen LogP contribution in [0.2, 0.25) is 0 Å². The van der Waals surface area contributed by atoms with Crippen LogP contribution in [0.1, 0.15) is 76.4 Å². The quantitative estimate of drug-likeness (QED) is 0.214. The van der Waals surface area contributed by atoms with Gasteiger partial charge in [-0.15, -0.1) is 0 Å². The highest BCUT2D eigenvalue weighted by molar-refractivity contribution is 6.07. The average Bonchev–Trinajstić information content (AvgIpc) is 2.72. The molecule has 33 heavy (non-hydrogen) atoms. The molecule has 0 heterocycles. The van der Waals surface area contributed by atoms with E-state index in [1.165, 1.54) is 0 Å². The molecule has 0 atom stereocenters. The van der Waals surface area contributed by atoms with Crippen LogP contribution in [0.15, 0.2) is 55.1 Å². The van der Waals surface area contributed by atoms with E-state index in [1.807, 2.05) is 53.7 Å². The number of hydrogen-bond acceptors (Lipinski definition) is 4. The number of rotatable bonds is 10. The maximum Gasteiger partial charge on any atom is 0.185 e. The summed E-state index contributed by atoms with van der Waals surface area (Å²) in [7, 11) is 0. The Kier molecular flexibility index (Phi) is 8.92. The van der Waals surface area contributed by atoms with Gasteiger partial charge in [0.1, 0.15) is 35.1 Å². The molecule has 2 aromatic rings. The van der Waals surface area contributed by atoms with Gasteiger partial charge in [0.25, 0.3) is 0 Å². The summed E-state index contributed by atoms with van der Waals surface area (Å²) in [5.74, 6) is 2.06. The van der Waals surface area contributed by atoms with Crippen molar-refractivity contribution in [1.82, 2.24) is 0 Å². The van der Waals surface area contributed by atoms with Gasteiger partial charge in [-0.05, 0) is 96.0 Å². The van der Waals surface area contributed by atoms with E-state index >= 15 is 0 Å². The zero-order valence-electron chi connectivity index (χ0n) is 21.2. The molecule has 0 aliphatic carbocycles. The van der Waals surface area contributed by atoms with Crippen molar-refractivity contribution in [3.05, 3.63) is 71.8 Å². The predicted octanol–water partition coefficient (Wildman–Crippen LogP) is 7.45. The Balaban J connectivity index is 2.47. The molecule has 178 valence electrons. The summed E-state index contributed by atoms with van der Waals surface area (Å²) in [6, 6.07) is 11.1. The van der Waals surface area contributed by atoms with E-state index in [1.54, 1.807) is 36.4 Å². The third-order valence-electron chi connectivity index (χ3n) is 4.49. The molecule has 0 N–H and O–H groups in total. The van der Waals surface area contributed by atoms with Gasteiger partial charge in [0.05, 0.1) is 5.56 Å². The number of hydrogen-bond donors (Lipinski definition) is 0. The van der Waals surface area contributed by atoms with E-state index in [2.05, 4.69) is 19.6 Å². The number of benzene rings is 2. The molecular weight excluding hydrogens is 412 g/mol. The summed E-state index contributed by atoms with van der Waals surface area (Å²) in [6.45, 7) is 18.3. The molecule has 0 aliphatic heterocycles. The van der Waals surface area contributed by atoms with Crippen LogP contribution in [-0.2, 0) is 6.42 Å². The van der Waals surface area contributed by atoms with Crippen LogP contribution in [0, 0.1) is 0 Å². The molecule has 0 unspecified atom stereocenters. The molecule has 0 aliphatic rings. The fourth-order valence-corrected chi connectivity index (χ4v) is 3.22. The number of ketones is 1. The van der Waals surface area contributed by atoms with E-state index in [0.29, 0.717) is 23.7 Å². The smallest absolute Gasteiger partial charge is 0.185 e. The van der Waals surface area contributed by atoms with Gasteiger partial charge in [-0.25, -0.2) is 0 Å². The van der Waals surface area contributed by atoms with Gasteiger partial charge in [0.2, 0.25) is 0 Å². The van der Waals surface area contributed by atoms with E-state index in [9.17, 15) is 4.79 Å². The van der Waals surface area contributed by atoms with Crippen LogP contribution in [0.3, 0.4) is 0 Å². The van der Waals surface area contributed by atoms with Crippen molar-refractivity contribution in [2.75, 3.05) is 6.61 Å². The second kappa shape index (κ2) is 11.2. The van der Waals surface area contributed by atoms with Gasteiger partial charge in [0.15, 0.2) is 5.78 Å². The van der Waals surface area contributed by atoms with Crippen molar-refractivity contribution >= 4 is 11.9 Å². The van der Waals surface area contributed by atoms with Crippen LogP contribution in [0.5, 0.6) is 17.2 Å². The summed E-state index contributed by atoms with van der Waals surface area (Å²) in [5.41, 5.74) is 1.68. The Morgan fingerprint density at radius 3 is 2.12 bits per heavy atom. The van der Waals surface area contributed by atoms with Crippen molar-refractivity contribution in [1.29, 1.82) is 0 Å². The fraction of sp³-hybridized carbons (Fsp3) is 0.414. The van der Waals surface area contributed by atoms with Gasteiger partial charge in [0, 0.05) is 5.56 Å². The van der Waals surface area contributed by atoms with Crippen molar-refractivity contribution in [3.63, 3.8) is 0 Å². The van der Waals surface area contributed by atoms with Gasteiger partial charge in [-0.3, -0.25) is 4.79 Å². The molecule has 0 saturated carbocycles. The second-order valence-electron chi connectivity index (χ2n) is 9.97. The van der Waals surface area contributed by atoms with E-state index in [4.69, 9.17) is 14.2 Å². The Morgan fingerprint density at radius 1 is 0.939 bits per heavy atom. The Morgan fingerprint density at radius 2 is 1.58 bits per heavy atom.